The molecule has 2 heteroatoms. The van der Waals surface area contributed by atoms with Gasteiger partial charge in [0.25, 0.3) is 0 Å². The number of para-hydroxylation sites is 2. The van der Waals surface area contributed by atoms with Crippen molar-refractivity contribution in [2.24, 2.45) is 0 Å². The maximum atomic E-state index is 2.54. The van der Waals surface area contributed by atoms with Crippen LogP contribution >= 0.6 is 0 Å². The number of rotatable bonds is 3. The summed E-state index contributed by atoms with van der Waals surface area (Å²) in [6.45, 7) is 0. The molecule has 6 aromatic rings. The van der Waals surface area contributed by atoms with E-state index in [0.717, 1.165) is 0 Å². The average molecular weight is 487 g/mol. The van der Waals surface area contributed by atoms with Gasteiger partial charge in [-0.2, -0.15) is 0 Å². The Labute approximate surface area is 222 Å². The highest BCUT2D eigenvalue weighted by Crippen LogP contribution is 2.50. The van der Waals surface area contributed by atoms with E-state index < -0.39 is 0 Å². The molecule has 1 aliphatic heterocycles. The van der Waals surface area contributed by atoms with Gasteiger partial charge in [0.1, 0.15) is 0 Å². The van der Waals surface area contributed by atoms with Gasteiger partial charge in [0.15, 0.2) is 0 Å². The topological polar surface area (TPSA) is 8.17 Å². The molecule has 2 nitrogen and oxygen atoms in total. The van der Waals surface area contributed by atoms with E-state index in [1.165, 1.54) is 55.6 Å². The van der Waals surface area contributed by atoms with Crippen LogP contribution in [0.5, 0.6) is 0 Å². The molecule has 2 atom stereocenters. The summed E-state index contributed by atoms with van der Waals surface area (Å²) < 4.78 is 2.42. The first-order valence-electron chi connectivity index (χ1n) is 13.3. The predicted molar refractivity (Wildman–Crippen MR) is 160 cm³/mol. The summed E-state index contributed by atoms with van der Waals surface area (Å²) in [7, 11) is 0. The number of nitrogens with zero attached hydrogens (tertiary/aromatic N) is 2. The minimum atomic E-state index is 0.254. The van der Waals surface area contributed by atoms with Crippen LogP contribution < -0.4 is 4.90 Å². The van der Waals surface area contributed by atoms with Crippen LogP contribution in [0.2, 0.25) is 0 Å². The molecule has 0 fully saturated rings. The second kappa shape index (κ2) is 8.36. The van der Waals surface area contributed by atoms with Gasteiger partial charge in [0.05, 0.1) is 17.1 Å². The van der Waals surface area contributed by atoms with Crippen LogP contribution in [0.25, 0.3) is 38.6 Å². The Hall–Kier alpha value is -4.82. The van der Waals surface area contributed by atoms with Crippen LogP contribution in [0.4, 0.5) is 11.4 Å². The predicted octanol–water partition coefficient (Wildman–Crippen LogP) is 9.18. The van der Waals surface area contributed by atoms with Crippen LogP contribution in [0.1, 0.15) is 11.5 Å². The van der Waals surface area contributed by atoms with E-state index in [1.54, 1.807) is 0 Å². The Morgan fingerprint density at radius 2 is 1.21 bits per heavy atom. The summed E-state index contributed by atoms with van der Waals surface area (Å²) >= 11 is 0. The molecule has 2 unspecified atom stereocenters. The van der Waals surface area contributed by atoms with Gasteiger partial charge >= 0.3 is 0 Å². The number of allylic oxidation sites excluding steroid dienone is 2. The van der Waals surface area contributed by atoms with E-state index in [1.807, 2.05) is 0 Å². The summed E-state index contributed by atoms with van der Waals surface area (Å²) in [5.41, 5.74) is 10.1. The highest BCUT2D eigenvalue weighted by molar-refractivity contribution is 6.11. The van der Waals surface area contributed by atoms with Crippen molar-refractivity contribution in [2.75, 3.05) is 4.90 Å². The molecule has 0 radical (unpaired) electrons. The fourth-order valence-corrected chi connectivity index (χ4v) is 6.42. The lowest BCUT2D eigenvalue weighted by molar-refractivity contribution is 0.745. The molecule has 0 saturated heterocycles. The zero-order valence-electron chi connectivity index (χ0n) is 20.9. The molecular weight excluding hydrogens is 460 g/mol. The molecule has 180 valence electrons. The van der Waals surface area contributed by atoms with Gasteiger partial charge < -0.3 is 9.47 Å². The smallest absolute Gasteiger partial charge is 0.0629 e. The minimum Gasteiger partial charge on any atom is -0.333 e. The Balaban J connectivity index is 1.38. The molecule has 2 aliphatic rings. The molecule has 0 N–H and O–H groups in total. The van der Waals surface area contributed by atoms with Crippen molar-refractivity contribution in [3.05, 3.63) is 151 Å². The maximum absolute atomic E-state index is 2.54. The van der Waals surface area contributed by atoms with E-state index in [0.29, 0.717) is 5.92 Å². The summed E-state index contributed by atoms with van der Waals surface area (Å²) in [5, 5.41) is 2.58. The van der Waals surface area contributed by atoms with Gasteiger partial charge in [-0.25, -0.2) is 0 Å². The van der Waals surface area contributed by atoms with Crippen LogP contribution in [-0.4, -0.2) is 10.6 Å². The zero-order chi connectivity index (χ0) is 25.1. The number of aromatic nitrogens is 1. The second-order valence-corrected chi connectivity index (χ2v) is 10.2. The van der Waals surface area contributed by atoms with Crippen molar-refractivity contribution in [1.29, 1.82) is 0 Å². The molecule has 0 saturated carbocycles. The molecule has 5 aromatic carbocycles. The first-order chi connectivity index (χ1) is 18.9. The summed E-state index contributed by atoms with van der Waals surface area (Å²) in [6, 6.07) is 44.3. The van der Waals surface area contributed by atoms with Gasteiger partial charge in [0.2, 0.25) is 0 Å². The SMILES string of the molecule is C1=CC2c3cc4c(cc3N(c3cccc(-c5ccccc5)c3)C2C=C1)c1ccccc1n4-c1ccccc1. The molecule has 2 heterocycles. The van der Waals surface area contributed by atoms with Crippen molar-refractivity contribution in [3.63, 3.8) is 0 Å². The number of fused-ring (bicyclic) bond motifs is 6. The first kappa shape index (κ1) is 21.3. The highest BCUT2D eigenvalue weighted by Gasteiger charge is 2.38. The third-order valence-electron chi connectivity index (χ3n) is 8.09. The third-order valence-corrected chi connectivity index (χ3v) is 8.09. The first-order valence-corrected chi connectivity index (χ1v) is 13.3. The average Bonchev–Trinajstić information content (AvgIpc) is 3.49. The standard InChI is InChI=1S/C36H26N2/c1-3-12-25(13-4-1)26-14-11-17-28(22-26)38-34-21-10-8-19-30(34)32-23-35-31(24-36(32)38)29-18-7-9-20-33(29)37(35)27-15-5-2-6-16-27/h1-24,30,34H. The number of benzene rings is 5. The minimum absolute atomic E-state index is 0.254. The largest absolute Gasteiger partial charge is 0.333 e. The molecule has 38 heavy (non-hydrogen) atoms. The van der Waals surface area contributed by atoms with Gasteiger partial charge in [-0.1, -0.05) is 103 Å². The van der Waals surface area contributed by atoms with Crippen LogP contribution in [0.15, 0.2) is 146 Å². The molecule has 0 amide bonds. The number of anilines is 2. The lowest BCUT2D eigenvalue weighted by atomic mass is 9.91. The molecule has 0 spiro atoms. The maximum Gasteiger partial charge on any atom is 0.0629 e. The van der Waals surface area contributed by atoms with E-state index in [2.05, 4.69) is 155 Å². The number of hydrogen-bond donors (Lipinski definition) is 0. The Morgan fingerprint density at radius 3 is 2.08 bits per heavy atom. The summed E-state index contributed by atoms with van der Waals surface area (Å²) in [6.07, 6.45) is 9.12. The van der Waals surface area contributed by atoms with Gasteiger partial charge in [-0.3, -0.25) is 0 Å². The summed E-state index contributed by atoms with van der Waals surface area (Å²) in [4.78, 5) is 2.54. The van der Waals surface area contributed by atoms with Crippen molar-refractivity contribution in [3.8, 4) is 16.8 Å². The Bertz CT molecular complexity index is 1880. The van der Waals surface area contributed by atoms with Crippen molar-refractivity contribution >= 4 is 33.2 Å². The van der Waals surface area contributed by atoms with Gasteiger partial charge in [0, 0.05) is 33.8 Å². The molecule has 1 aliphatic carbocycles. The van der Waals surface area contributed by atoms with Crippen LogP contribution in [0.3, 0.4) is 0 Å². The van der Waals surface area contributed by atoms with E-state index in [4.69, 9.17) is 0 Å². The van der Waals surface area contributed by atoms with Gasteiger partial charge in [-0.05, 0) is 59.2 Å². The molecule has 8 rings (SSSR count). The quantitative estimate of drug-likeness (QED) is 0.242. The fraction of sp³-hybridized carbons (Fsp3) is 0.0556. The monoisotopic (exact) mass is 486 g/mol. The van der Waals surface area contributed by atoms with Crippen molar-refractivity contribution in [2.45, 2.75) is 12.0 Å². The second-order valence-electron chi connectivity index (χ2n) is 10.2. The van der Waals surface area contributed by atoms with Crippen LogP contribution in [0, 0.1) is 0 Å². The highest BCUT2D eigenvalue weighted by atomic mass is 15.2. The number of hydrogen-bond acceptors (Lipinski definition) is 1. The Morgan fingerprint density at radius 1 is 0.500 bits per heavy atom. The Kier molecular flexibility index (Phi) is 4.68. The fourth-order valence-electron chi connectivity index (χ4n) is 6.42. The van der Waals surface area contributed by atoms with E-state index in [-0.39, 0.29) is 6.04 Å². The summed E-state index contributed by atoms with van der Waals surface area (Å²) in [5.74, 6) is 0.307. The molecular formula is C36H26N2. The third kappa shape index (κ3) is 3.13. The lowest BCUT2D eigenvalue weighted by Gasteiger charge is -2.29. The van der Waals surface area contributed by atoms with Crippen molar-refractivity contribution < 1.29 is 0 Å². The normalized spacial score (nSPS) is 17.7. The molecule has 0 bridgehead atoms. The molecule has 1 aromatic heterocycles. The van der Waals surface area contributed by atoms with Gasteiger partial charge in [-0.15, -0.1) is 0 Å². The van der Waals surface area contributed by atoms with Crippen molar-refractivity contribution in [1.82, 2.24) is 4.57 Å². The van der Waals surface area contributed by atoms with E-state index in [9.17, 15) is 0 Å². The lowest BCUT2D eigenvalue weighted by Crippen LogP contribution is -2.28. The zero-order valence-corrected chi connectivity index (χ0v) is 20.9. The van der Waals surface area contributed by atoms with E-state index >= 15 is 0 Å². The van der Waals surface area contributed by atoms with Crippen LogP contribution in [-0.2, 0) is 0 Å².